The van der Waals surface area contributed by atoms with Gasteiger partial charge < -0.3 is 4.74 Å². The van der Waals surface area contributed by atoms with Crippen molar-refractivity contribution in [2.75, 3.05) is 0 Å². The number of benzene rings is 3. The van der Waals surface area contributed by atoms with E-state index in [1.54, 1.807) is 24.3 Å². The van der Waals surface area contributed by atoms with Crippen LogP contribution in [0.25, 0.3) is 0 Å². The summed E-state index contributed by atoms with van der Waals surface area (Å²) in [5.74, 6) is -0.763. The van der Waals surface area contributed by atoms with Crippen molar-refractivity contribution in [2.24, 2.45) is 0 Å². The second-order valence-corrected chi connectivity index (χ2v) is 4.93. The Morgan fingerprint density at radius 1 is 0.696 bits per heavy atom. The van der Waals surface area contributed by atoms with Gasteiger partial charge in [0.15, 0.2) is 5.78 Å². The van der Waals surface area contributed by atoms with Crippen molar-refractivity contribution in [1.82, 2.24) is 0 Å². The van der Waals surface area contributed by atoms with Gasteiger partial charge in [-0.15, -0.1) is 0 Å². The molecule has 2 nitrogen and oxygen atoms in total. The second kappa shape index (κ2) is 6.40. The summed E-state index contributed by atoms with van der Waals surface area (Å²) in [6.45, 7) is 0. The third-order valence-corrected chi connectivity index (χ3v) is 3.22. The molecule has 114 valence electrons. The van der Waals surface area contributed by atoms with Gasteiger partial charge in [-0.05, 0) is 48.5 Å². The Bertz CT molecular complexity index is 807. The van der Waals surface area contributed by atoms with Crippen LogP contribution >= 0.6 is 0 Å². The van der Waals surface area contributed by atoms with Gasteiger partial charge in [-0.1, -0.05) is 18.2 Å². The zero-order chi connectivity index (χ0) is 16.2. The Hall–Kier alpha value is -3.01. The maximum atomic E-state index is 13.2. The van der Waals surface area contributed by atoms with E-state index in [0.29, 0.717) is 17.1 Å². The predicted octanol–water partition coefficient (Wildman–Crippen LogP) is 4.99. The molecule has 0 saturated heterocycles. The molecule has 0 atom stereocenters. The molecule has 0 aliphatic rings. The second-order valence-electron chi connectivity index (χ2n) is 4.93. The van der Waals surface area contributed by atoms with Crippen LogP contribution in [0.2, 0.25) is 0 Å². The molecule has 0 aromatic heterocycles. The minimum atomic E-state index is -0.780. The molecule has 0 spiro atoms. The molecule has 0 saturated carbocycles. The van der Waals surface area contributed by atoms with Gasteiger partial charge in [0.05, 0.1) is 0 Å². The van der Waals surface area contributed by atoms with Crippen LogP contribution in [-0.4, -0.2) is 5.78 Å². The van der Waals surface area contributed by atoms with Crippen LogP contribution < -0.4 is 4.74 Å². The summed E-state index contributed by atoms with van der Waals surface area (Å²) in [6.07, 6.45) is 0. The molecule has 3 rings (SSSR count). The van der Waals surface area contributed by atoms with Gasteiger partial charge in [0, 0.05) is 17.2 Å². The van der Waals surface area contributed by atoms with Crippen molar-refractivity contribution in [3.8, 4) is 11.5 Å². The van der Waals surface area contributed by atoms with Crippen LogP contribution in [0, 0.1) is 11.6 Å². The normalized spacial score (nSPS) is 10.3. The lowest BCUT2D eigenvalue weighted by Crippen LogP contribution is -2.02. The monoisotopic (exact) mass is 310 g/mol. The van der Waals surface area contributed by atoms with Gasteiger partial charge in [-0.2, -0.15) is 0 Å². The molecule has 0 bridgehead atoms. The number of ether oxygens (including phenoxy) is 1. The Balaban J connectivity index is 1.80. The number of hydrogen-bond acceptors (Lipinski definition) is 2. The standard InChI is InChI=1S/C19H12F2O2/c20-15-10-14(11-16(21)12-15)19(22)13-6-8-18(9-7-13)23-17-4-2-1-3-5-17/h1-12H. The van der Waals surface area contributed by atoms with E-state index in [1.807, 2.05) is 30.3 Å². The van der Waals surface area contributed by atoms with E-state index < -0.39 is 17.4 Å². The average Bonchev–Trinajstić information content (AvgIpc) is 2.55. The highest BCUT2D eigenvalue weighted by Gasteiger charge is 2.12. The molecule has 23 heavy (non-hydrogen) atoms. The van der Waals surface area contributed by atoms with E-state index in [0.717, 1.165) is 18.2 Å². The number of carbonyl (C=O) groups is 1. The van der Waals surface area contributed by atoms with E-state index >= 15 is 0 Å². The fourth-order valence-corrected chi connectivity index (χ4v) is 2.15. The maximum Gasteiger partial charge on any atom is 0.193 e. The number of rotatable bonds is 4. The first-order chi connectivity index (χ1) is 11.1. The first kappa shape index (κ1) is 14.9. The van der Waals surface area contributed by atoms with Crippen LogP contribution in [0.3, 0.4) is 0 Å². The lowest BCUT2D eigenvalue weighted by molar-refractivity contribution is 0.103. The largest absolute Gasteiger partial charge is 0.457 e. The molecule has 0 heterocycles. The number of para-hydroxylation sites is 1. The topological polar surface area (TPSA) is 26.3 Å². The Labute approximate surface area is 132 Å². The molecule has 0 amide bonds. The Kier molecular flexibility index (Phi) is 4.15. The fourth-order valence-electron chi connectivity index (χ4n) is 2.15. The van der Waals surface area contributed by atoms with Gasteiger partial charge in [0.1, 0.15) is 23.1 Å². The van der Waals surface area contributed by atoms with E-state index in [2.05, 4.69) is 0 Å². The summed E-state index contributed by atoms with van der Waals surface area (Å²) in [7, 11) is 0. The summed E-state index contributed by atoms with van der Waals surface area (Å²) < 4.78 is 32.0. The van der Waals surface area contributed by atoms with Crippen molar-refractivity contribution in [1.29, 1.82) is 0 Å². The van der Waals surface area contributed by atoms with Crippen LogP contribution in [0.1, 0.15) is 15.9 Å². The summed E-state index contributed by atoms with van der Waals surface area (Å²) >= 11 is 0. The molecule has 4 heteroatoms. The first-order valence-corrected chi connectivity index (χ1v) is 6.95. The zero-order valence-electron chi connectivity index (χ0n) is 12.0. The lowest BCUT2D eigenvalue weighted by Gasteiger charge is -2.06. The minimum Gasteiger partial charge on any atom is -0.457 e. The minimum absolute atomic E-state index is 0.0285. The third-order valence-electron chi connectivity index (χ3n) is 3.22. The molecule has 3 aromatic rings. The summed E-state index contributed by atoms with van der Waals surface area (Å²) in [5, 5.41) is 0. The van der Waals surface area contributed by atoms with Crippen LogP contribution in [0.5, 0.6) is 11.5 Å². The van der Waals surface area contributed by atoms with E-state index in [-0.39, 0.29) is 5.56 Å². The lowest BCUT2D eigenvalue weighted by atomic mass is 10.0. The van der Waals surface area contributed by atoms with Crippen molar-refractivity contribution in [3.63, 3.8) is 0 Å². The fraction of sp³-hybridized carbons (Fsp3) is 0. The Morgan fingerprint density at radius 3 is 1.87 bits per heavy atom. The molecule has 0 fully saturated rings. The predicted molar refractivity (Wildman–Crippen MR) is 82.7 cm³/mol. The molecule has 0 unspecified atom stereocenters. The number of carbonyl (C=O) groups excluding carboxylic acids is 1. The van der Waals surface area contributed by atoms with Gasteiger partial charge in [0.2, 0.25) is 0 Å². The SMILES string of the molecule is O=C(c1ccc(Oc2ccccc2)cc1)c1cc(F)cc(F)c1. The molecule has 3 aromatic carbocycles. The van der Waals surface area contributed by atoms with Crippen molar-refractivity contribution in [3.05, 3.63) is 95.6 Å². The van der Waals surface area contributed by atoms with Gasteiger partial charge in [-0.25, -0.2) is 8.78 Å². The maximum absolute atomic E-state index is 13.2. The van der Waals surface area contributed by atoms with Crippen molar-refractivity contribution in [2.45, 2.75) is 0 Å². The van der Waals surface area contributed by atoms with E-state index in [1.165, 1.54) is 0 Å². The highest BCUT2D eigenvalue weighted by Crippen LogP contribution is 2.22. The highest BCUT2D eigenvalue weighted by molar-refractivity contribution is 6.09. The van der Waals surface area contributed by atoms with E-state index in [9.17, 15) is 13.6 Å². The van der Waals surface area contributed by atoms with Crippen molar-refractivity contribution < 1.29 is 18.3 Å². The molecule has 0 aliphatic carbocycles. The van der Waals surface area contributed by atoms with E-state index in [4.69, 9.17) is 4.74 Å². The molecule has 0 aliphatic heterocycles. The summed E-state index contributed by atoms with van der Waals surface area (Å²) in [4.78, 5) is 12.2. The van der Waals surface area contributed by atoms with Crippen molar-refractivity contribution >= 4 is 5.78 Å². The van der Waals surface area contributed by atoms with Gasteiger partial charge >= 0.3 is 0 Å². The average molecular weight is 310 g/mol. The van der Waals surface area contributed by atoms with Crippen LogP contribution in [0.4, 0.5) is 8.78 Å². The number of ketones is 1. The van der Waals surface area contributed by atoms with Crippen LogP contribution in [0.15, 0.2) is 72.8 Å². The number of halogens is 2. The molecule has 0 N–H and O–H groups in total. The summed E-state index contributed by atoms with van der Waals surface area (Å²) in [6, 6.07) is 18.4. The summed E-state index contributed by atoms with van der Waals surface area (Å²) in [5.41, 5.74) is 0.301. The van der Waals surface area contributed by atoms with Gasteiger partial charge in [-0.3, -0.25) is 4.79 Å². The van der Waals surface area contributed by atoms with Crippen LogP contribution in [-0.2, 0) is 0 Å². The third kappa shape index (κ3) is 3.61. The molecular weight excluding hydrogens is 298 g/mol. The van der Waals surface area contributed by atoms with Gasteiger partial charge in [0.25, 0.3) is 0 Å². The zero-order valence-corrected chi connectivity index (χ0v) is 12.0. The quantitative estimate of drug-likeness (QED) is 0.635. The Morgan fingerprint density at radius 2 is 1.26 bits per heavy atom. The number of hydrogen-bond donors (Lipinski definition) is 0. The highest BCUT2D eigenvalue weighted by atomic mass is 19.1. The molecule has 0 radical (unpaired) electrons. The smallest absolute Gasteiger partial charge is 0.193 e. The first-order valence-electron chi connectivity index (χ1n) is 6.95. The molecular formula is C19H12F2O2.